The Labute approximate surface area is 144 Å². The van der Waals surface area contributed by atoms with Crippen LogP contribution < -0.4 is 5.32 Å². The predicted octanol–water partition coefficient (Wildman–Crippen LogP) is 3.51. The molecule has 1 heterocycles. The number of rotatable bonds is 4. The molecule has 0 amide bonds. The minimum absolute atomic E-state index is 0. The van der Waals surface area contributed by atoms with Gasteiger partial charge in [0.15, 0.2) is 5.96 Å². The van der Waals surface area contributed by atoms with Crippen LogP contribution >= 0.6 is 35.3 Å². The number of aryl methyl sites for hydroxylation is 1. The number of aromatic nitrogens is 1. The highest BCUT2D eigenvalue weighted by atomic mass is 127. The van der Waals surface area contributed by atoms with Crippen molar-refractivity contribution in [2.75, 3.05) is 20.6 Å². The third-order valence-corrected chi connectivity index (χ3v) is 3.62. The molecule has 0 aliphatic rings. The van der Waals surface area contributed by atoms with Crippen LogP contribution in [0.1, 0.15) is 37.9 Å². The molecule has 1 N–H and O–H groups in total. The number of thiazole rings is 1. The summed E-state index contributed by atoms with van der Waals surface area (Å²) in [5.41, 5.74) is 1.44. The summed E-state index contributed by atoms with van der Waals surface area (Å²) in [7, 11) is 3.86. The molecule has 0 unspecified atom stereocenters. The second-order valence-electron chi connectivity index (χ2n) is 6.00. The van der Waals surface area contributed by atoms with Crippen molar-refractivity contribution < 1.29 is 0 Å². The minimum Gasteiger partial charge on any atom is -0.356 e. The van der Waals surface area contributed by atoms with Crippen LogP contribution in [0.25, 0.3) is 0 Å². The van der Waals surface area contributed by atoms with Gasteiger partial charge in [-0.2, -0.15) is 0 Å². The third kappa shape index (κ3) is 7.42. The lowest BCUT2D eigenvalue weighted by Gasteiger charge is -2.23. The summed E-state index contributed by atoms with van der Waals surface area (Å²) in [5, 5.41) is 6.62. The Hall–Kier alpha value is -0.370. The maximum Gasteiger partial charge on any atom is 0.193 e. The summed E-state index contributed by atoms with van der Waals surface area (Å²) in [6, 6.07) is 0. The average Bonchev–Trinajstić information content (AvgIpc) is 2.68. The molecule has 0 saturated heterocycles. The Bertz CT molecular complexity index is 423. The summed E-state index contributed by atoms with van der Waals surface area (Å²) >= 11 is 1.69. The van der Waals surface area contributed by atoms with Crippen LogP contribution in [0.3, 0.4) is 0 Å². The van der Waals surface area contributed by atoms with E-state index < -0.39 is 0 Å². The fourth-order valence-electron chi connectivity index (χ4n) is 1.73. The number of halogens is 1. The van der Waals surface area contributed by atoms with Gasteiger partial charge in [0.1, 0.15) is 0 Å². The van der Waals surface area contributed by atoms with Gasteiger partial charge in [0.2, 0.25) is 0 Å². The van der Waals surface area contributed by atoms with E-state index in [1.165, 1.54) is 0 Å². The van der Waals surface area contributed by atoms with E-state index in [0.29, 0.717) is 5.41 Å². The molecule has 0 aliphatic carbocycles. The first-order valence-electron chi connectivity index (χ1n) is 6.64. The summed E-state index contributed by atoms with van der Waals surface area (Å²) in [6.07, 6.45) is 1.12. The van der Waals surface area contributed by atoms with Crippen molar-refractivity contribution in [3.05, 3.63) is 16.1 Å². The molecular formula is C14H27IN4S. The first-order chi connectivity index (χ1) is 8.81. The third-order valence-electron chi connectivity index (χ3n) is 2.80. The van der Waals surface area contributed by atoms with E-state index in [4.69, 9.17) is 0 Å². The molecule has 0 aromatic carbocycles. The van der Waals surface area contributed by atoms with E-state index in [2.05, 4.69) is 46.3 Å². The summed E-state index contributed by atoms with van der Waals surface area (Å²) in [4.78, 5) is 10.9. The molecule has 0 atom stereocenters. The van der Waals surface area contributed by atoms with Gasteiger partial charge in [0, 0.05) is 26.0 Å². The van der Waals surface area contributed by atoms with Gasteiger partial charge in [0.05, 0.1) is 17.2 Å². The summed E-state index contributed by atoms with van der Waals surface area (Å²) in [5.74, 6) is 0.926. The van der Waals surface area contributed by atoms with Crippen LogP contribution in [-0.4, -0.2) is 36.5 Å². The Balaban J connectivity index is 0.00000361. The first kappa shape index (κ1) is 19.6. The van der Waals surface area contributed by atoms with Gasteiger partial charge in [-0.15, -0.1) is 35.3 Å². The molecule has 20 heavy (non-hydrogen) atoms. The number of guanidine groups is 1. The molecular weight excluding hydrogens is 383 g/mol. The molecule has 1 aromatic heterocycles. The smallest absolute Gasteiger partial charge is 0.193 e. The summed E-state index contributed by atoms with van der Waals surface area (Å²) in [6.45, 7) is 10.5. The quantitative estimate of drug-likeness (QED) is 0.469. The number of hydrogen-bond acceptors (Lipinski definition) is 3. The second-order valence-corrected chi connectivity index (χ2v) is 7.06. The zero-order chi connectivity index (χ0) is 14.5. The fraction of sp³-hybridized carbons (Fsp3) is 0.714. The number of aliphatic imine (C=N–C) groups is 1. The minimum atomic E-state index is 0. The van der Waals surface area contributed by atoms with Crippen molar-refractivity contribution in [2.24, 2.45) is 10.4 Å². The normalized spacial score (nSPS) is 12.0. The molecule has 1 aromatic rings. The predicted molar refractivity (Wildman–Crippen MR) is 99.2 cm³/mol. The lowest BCUT2D eigenvalue weighted by atomic mass is 9.92. The van der Waals surface area contributed by atoms with E-state index >= 15 is 0 Å². The van der Waals surface area contributed by atoms with Gasteiger partial charge in [-0.3, -0.25) is 4.99 Å². The largest absolute Gasteiger partial charge is 0.356 e. The van der Waals surface area contributed by atoms with Gasteiger partial charge >= 0.3 is 0 Å². The van der Waals surface area contributed by atoms with Gasteiger partial charge in [-0.1, -0.05) is 20.8 Å². The highest BCUT2D eigenvalue weighted by Crippen LogP contribution is 2.17. The van der Waals surface area contributed by atoms with Crippen molar-refractivity contribution >= 4 is 41.3 Å². The molecule has 0 saturated carbocycles. The molecule has 0 radical (unpaired) electrons. The van der Waals surface area contributed by atoms with Crippen molar-refractivity contribution in [3.8, 4) is 0 Å². The lowest BCUT2D eigenvalue weighted by Crippen LogP contribution is -2.39. The molecule has 0 aliphatic heterocycles. The van der Waals surface area contributed by atoms with Crippen molar-refractivity contribution in [3.63, 3.8) is 0 Å². The standard InChI is InChI=1S/C14H26N4S.HI/c1-11-17-12(10-19-11)9-18(6)13(15-5)16-8-7-14(2,3)4;/h10H,7-9H2,1-6H3,(H,15,16);1H. The Kier molecular flexibility index (Phi) is 8.65. The van der Waals surface area contributed by atoms with E-state index in [1.807, 2.05) is 21.0 Å². The Morgan fingerprint density at radius 1 is 1.45 bits per heavy atom. The van der Waals surface area contributed by atoms with Crippen LogP contribution in [0.15, 0.2) is 10.4 Å². The second kappa shape index (κ2) is 8.81. The monoisotopic (exact) mass is 410 g/mol. The number of hydrogen-bond donors (Lipinski definition) is 1. The highest BCUT2D eigenvalue weighted by Gasteiger charge is 2.12. The molecule has 0 fully saturated rings. The first-order valence-corrected chi connectivity index (χ1v) is 7.52. The zero-order valence-corrected chi connectivity index (χ0v) is 16.5. The molecule has 1 rings (SSSR count). The molecule has 0 bridgehead atoms. The number of nitrogens with zero attached hydrogens (tertiary/aromatic N) is 3. The summed E-state index contributed by atoms with van der Waals surface area (Å²) < 4.78 is 0. The van der Waals surface area contributed by atoms with Crippen LogP contribution in [0, 0.1) is 12.3 Å². The molecule has 116 valence electrons. The van der Waals surface area contributed by atoms with Gasteiger partial charge < -0.3 is 10.2 Å². The van der Waals surface area contributed by atoms with E-state index in [-0.39, 0.29) is 24.0 Å². The van der Waals surface area contributed by atoms with Crippen molar-refractivity contribution in [2.45, 2.75) is 40.7 Å². The fourth-order valence-corrected chi connectivity index (χ4v) is 2.34. The van der Waals surface area contributed by atoms with Gasteiger partial charge in [0.25, 0.3) is 0 Å². The maximum atomic E-state index is 4.48. The Morgan fingerprint density at radius 3 is 2.55 bits per heavy atom. The van der Waals surface area contributed by atoms with Gasteiger partial charge in [-0.05, 0) is 18.8 Å². The average molecular weight is 410 g/mol. The van der Waals surface area contributed by atoms with Crippen LogP contribution in [0.5, 0.6) is 0 Å². The molecule has 4 nitrogen and oxygen atoms in total. The van der Waals surface area contributed by atoms with Crippen molar-refractivity contribution in [1.82, 2.24) is 15.2 Å². The van der Waals surface area contributed by atoms with E-state index in [0.717, 1.165) is 36.2 Å². The van der Waals surface area contributed by atoms with E-state index in [1.54, 1.807) is 11.3 Å². The lowest BCUT2D eigenvalue weighted by molar-refractivity contribution is 0.371. The maximum absolute atomic E-state index is 4.48. The zero-order valence-electron chi connectivity index (χ0n) is 13.4. The number of nitrogens with one attached hydrogen (secondary N) is 1. The van der Waals surface area contributed by atoms with Crippen LogP contribution in [0.4, 0.5) is 0 Å². The van der Waals surface area contributed by atoms with Crippen molar-refractivity contribution in [1.29, 1.82) is 0 Å². The SMILES string of the molecule is CN=C(NCCC(C)(C)C)N(C)Cc1csc(C)n1.I. The van der Waals surface area contributed by atoms with Crippen LogP contribution in [-0.2, 0) is 6.54 Å². The molecule has 6 heteroatoms. The molecule has 0 spiro atoms. The highest BCUT2D eigenvalue weighted by molar-refractivity contribution is 14.0. The van der Waals surface area contributed by atoms with E-state index in [9.17, 15) is 0 Å². The topological polar surface area (TPSA) is 40.5 Å². The Morgan fingerprint density at radius 2 is 2.10 bits per heavy atom. The van der Waals surface area contributed by atoms with Gasteiger partial charge in [-0.25, -0.2) is 4.98 Å². The van der Waals surface area contributed by atoms with Crippen LogP contribution in [0.2, 0.25) is 0 Å².